The van der Waals surface area contributed by atoms with E-state index in [1.54, 1.807) is 0 Å². The van der Waals surface area contributed by atoms with E-state index in [9.17, 15) is 20.1 Å². The Balaban J connectivity index is 2.67. The molecule has 0 radical (unpaired) electrons. The van der Waals surface area contributed by atoms with Crippen LogP contribution in [0, 0.1) is 5.92 Å². The van der Waals surface area contributed by atoms with Crippen molar-refractivity contribution < 1.29 is 20.1 Å². The Bertz CT molecular complexity index is 271. The first-order valence-electron chi connectivity index (χ1n) is 7.03. The molecule has 0 bridgehead atoms. The van der Waals surface area contributed by atoms with Gasteiger partial charge < -0.3 is 20.2 Å². The molecule has 1 atom stereocenters. The van der Waals surface area contributed by atoms with Crippen LogP contribution in [0.4, 0.5) is 0 Å². The summed E-state index contributed by atoms with van der Waals surface area (Å²) in [5, 5.41) is 27.8. The van der Waals surface area contributed by atoms with E-state index in [0.717, 1.165) is 25.9 Å². The molecule has 1 aliphatic heterocycles. The maximum Gasteiger partial charge on any atom is 0.309 e. The van der Waals surface area contributed by atoms with Gasteiger partial charge in [-0.25, -0.2) is 0 Å². The van der Waals surface area contributed by atoms with E-state index in [4.69, 9.17) is 0 Å². The molecule has 19 heavy (non-hydrogen) atoms. The SMILES string of the molecule is CCCCN1CCN(C(CO)CO)CC(C(=O)O)C1. The molecule has 0 aromatic rings. The predicted molar refractivity (Wildman–Crippen MR) is 72.0 cm³/mol. The summed E-state index contributed by atoms with van der Waals surface area (Å²) in [6.45, 7) is 5.18. The number of aliphatic carboxylic acids is 1. The first-order chi connectivity index (χ1) is 9.12. The fourth-order valence-corrected chi connectivity index (χ4v) is 2.47. The summed E-state index contributed by atoms with van der Waals surface area (Å²) in [6.07, 6.45) is 2.16. The van der Waals surface area contributed by atoms with Crippen LogP contribution in [0.25, 0.3) is 0 Å². The molecular formula is C13H26N2O4. The summed E-state index contributed by atoms with van der Waals surface area (Å²) < 4.78 is 0. The van der Waals surface area contributed by atoms with Gasteiger partial charge in [-0.1, -0.05) is 13.3 Å². The highest BCUT2D eigenvalue weighted by molar-refractivity contribution is 5.70. The molecule has 0 aliphatic carbocycles. The molecule has 112 valence electrons. The van der Waals surface area contributed by atoms with Crippen LogP contribution in [0.5, 0.6) is 0 Å². The van der Waals surface area contributed by atoms with E-state index < -0.39 is 11.9 Å². The molecule has 0 spiro atoms. The van der Waals surface area contributed by atoms with Crippen molar-refractivity contribution in [2.24, 2.45) is 5.92 Å². The summed E-state index contributed by atoms with van der Waals surface area (Å²) in [4.78, 5) is 15.4. The van der Waals surface area contributed by atoms with Gasteiger partial charge in [0.15, 0.2) is 0 Å². The van der Waals surface area contributed by atoms with Crippen LogP contribution in [0.1, 0.15) is 19.8 Å². The van der Waals surface area contributed by atoms with Crippen LogP contribution in [0.15, 0.2) is 0 Å². The molecule has 1 aliphatic rings. The Labute approximate surface area is 114 Å². The molecule has 0 aromatic heterocycles. The minimum absolute atomic E-state index is 0.141. The average molecular weight is 274 g/mol. The van der Waals surface area contributed by atoms with Gasteiger partial charge in [0.25, 0.3) is 0 Å². The third-order valence-electron chi connectivity index (χ3n) is 3.75. The molecule has 1 heterocycles. The predicted octanol–water partition coefficient (Wildman–Crippen LogP) is -0.542. The zero-order chi connectivity index (χ0) is 14.3. The van der Waals surface area contributed by atoms with E-state index >= 15 is 0 Å². The van der Waals surface area contributed by atoms with Crippen molar-refractivity contribution in [2.45, 2.75) is 25.8 Å². The van der Waals surface area contributed by atoms with Crippen molar-refractivity contribution in [3.63, 3.8) is 0 Å². The molecular weight excluding hydrogens is 248 g/mol. The number of carboxylic acids is 1. The van der Waals surface area contributed by atoms with Gasteiger partial charge in [0.05, 0.1) is 25.2 Å². The highest BCUT2D eigenvalue weighted by atomic mass is 16.4. The molecule has 0 saturated carbocycles. The van der Waals surface area contributed by atoms with E-state index in [-0.39, 0.29) is 19.3 Å². The van der Waals surface area contributed by atoms with E-state index in [2.05, 4.69) is 11.8 Å². The Kier molecular flexibility index (Phi) is 7.30. The standard InChI is InChI=1S/C13H26N2O4/c1-2-3-4-14-5-6-15(12(9-16)10-17)8-11(7-14)13(18)19/h11-12,16-17H,2-10H2,1H3,(H,18,19). The van der Waals surface area contributed by atoms with Gasteiger partial charge in [-0.05, 0) is 13.0 Å². The number of unbranched alkanes of at least 4 members (excludes halogenated alkanes) is 1. The number of aliphatic hydroxyl groups excluding tert-OH is 2. The average Bonchev–Trinajstić information content (AvgIpc) is 2.61. The van der Waals surface area contributed by atoms with Crippen molar-refractivity contribution in [1.29, 1.82) is 0 Å². The quantitative estimate of drug-likeness (QED) is 0.578. The van der Waals surface area contributed by atoms with Crippen LogP contribution in [-0.4, -0.2) is 83.1 Å². The lowest BCUT2D eigenvalue weighted by atomic mass is 10.1. The van der Waals surface area contributed by atoms with Crippen molar-refractivity contribution in [1.82, 2.24) is 9.80 Å². The summed E-state index contributed by atoms with van der Waals surface area (Å²) in [5.41, 5.74) is 0. The van der Waals surface area contributed by atoms with Gasteiger partial charge in [-0.15, -0.1) is 0 Å². The first-order valence-corrected chi connectivity index (χ1v) is 7.03. The Morgan fingerprint density at radius 1 is 1.26 bits per heavy atom. The zero-order valence-electron chi connectivity index (χ0n) is 11.7. The highest BCUT2D eigenvalue weighted by Gasteiger charge is 2.30. The molecule has 6 heteroatoms. The Morgan fingerprint density at radius 2 is 1.95 bits per heavy atom. The number of carbonyl (C=O) groups is 1. The third kappa shape index (κ3) is 5.06. The van der Waals surface area contributed by atoms with Crippen LogP contribution >= 0.6 is 0 Å². The molecule has 0 aromatic carbocycles. The van der Waals surface area contributed by atoms with Gasteiger partial charge in [0.2, 0.25) is 0 Å². The van der Waals surface area contributed by atoms with Gasteiger partial charge in [0.1, 0.15) is 0 Å². The number of hydrogen-bond acceptors (Lipinski definition) is 5. The fourth-order valence-electron chi connectivity index (χ4n) is 2.47. The van der Waals surface area contributed by atoms with Crippen molar-refractivity contribution >= 4 is 5.97 Å². The minimum atomic E-state index is -0.803. The number of rotatable bonds is 7. The van der Waals surface area contributed by atoms with Gasteiger partial charge in [-0.2, -0.15) is 0 Å². The summed E-state index contributed by atoms with van der Waals surface area (Å²) in [5.74, 6) is -1.26. The maximum atomic E-state index is 11.3. The normalized spacial score (nSPS) is 22.6. The zero-order valence-corrected chi connectivity index (χ0v) is 11.7. The lowest BCUT2D eigenvalue weighted by molar-refractivity contribution is -0.142. The van der Waals surface area contributed by atoms with Gasteiger partial charge in [-0.3, -0.25) is 9.69 Å². The second kappa shape index (κ2) is 8.47. The molecule has 0 amide bonds. The summed E-state index contributed by atoms with van der Waals surface area (Å²) in [7, 11) is 0. The van der Waals surface area contributed by atoms with Crippen LogP contribution in [0.2, 0.25) is 0 Å². The topological polar surface area (TPSA) is 84.2 Å². The van der Waals surface area contributed by atoms with Crippen LogP contribution in [0.3, 0.4) is 0 Å². The van der Waals surface area contributed by atoms with Crippen molar-refractivity contribution in [3.8, 4) is 0 Å². The smallest absolute Gasteiger partial charge is 0.309 e. The second-order valence-electron chi connectivity index (χ2n) is 5.20. The summed E-state index contributed by atoms with van der Waals surface area (Å²) in [6, 6.07) is -0.354. The van der Waals surface area contributed by atoms with Gasteiger partial charge >= 0.3 is 5.97 Å². The molecule has 1 rings (SSSR count). The minimum Gasteiger partial charge on any atom is -0.481 e. The lowest BCUT2D eigenvalue weighted by Gasteiger charge is -2.28. The van der Waals surface area contributed by atoms with E-state index in [0.29, 0.717) is 19.6 Å². The van der Waals surface area contributed by atoms with Crippen LogP contribution in [-0.2, 0) is 4.79 Å². The molecule has 1 saturated heterocycles. The molecule has 1 fully saturated rings. The molecule has 3 N–H and O–H groups in total. The van der Waals surface area contributed by atoms with E-state index in [1.807, 2.05) is 4.90 Å². The Hall–Kier alpha value is -0.690. The number of aliphatic hydroxyl groups is 2. The van der Waals surface area contributed by atoms with Crippen molar-refractivity contribution in [2.75, 3.05) is 45.9 Å². The first kappa shape index (κ1) is 16.4. The van der Waals surface area contributed by atoms with Crippen molar-refractivity contribution in [3.05, 3.63) is 0 Å². The number of hydrogen-bond donors (Lipinski definition) is 3. The molecule has 6 nitrogen and oxygen atoms in total. The summed E-state index contributed by atoms with van der Waals surface area (Å²) >= 11 is 0. The number of nitrogens with zero attached hydrogens (tertiary/aromatic N) is 2. The lowest BCUT2D eigenvalue weighted by Crippen LogP contribution is -2.44. The second-order valence-corrected chi connectivity index (χ2v) is 5.20. The van der Waals surface area contributed by atoms with E-state index in [1.165, 1.54) is 0 Å². The maximum absolute atomic E-state index is 11.3. The van der Waals surface area contributed by atoms with Crippen LogP contribution < -0.4 is 0 Å². The highest BCUT2D eigenvalue weighted by Crippen LogP contribution is 2.13. The van der Waals surface area contributed by atoms with Gasteiger partial charge in [0, 0.05) is 26.2 Å². The fraction of sp³-hybridized carbons (Fsp3) is 0.923. The third-order valence-corrected chi connectivity index (χ3v) is 3.75. The number of carboxylic acid groups (broad SMARTS) is 1. The largest absolute Gasteiger partial charge is 0.481 e. The monoisotopic (exact) mass is 274 g/mol. The Morgan fingerprint density at radius 3 is 2.47 bits per heavy atom. The molecule has 1 unspecified atom stereocenters.